The van der Waals surface area contributed by atoms with Crippen molar-refractivity contribution in [2.24, 2.45) is 0 Å². The molecule has 10 atom stereocenters. The van der Waals surface area contributed by atoms with E-state index in [0.717, 1.165) is 27.5 Å². The SMILES string of the molecule is CO[C@H]1[C@H](F)[C@H](n2nnc3c(N)ncnc32)O[C@@H]1COP(O)(=S)O[C@@H]1[C@H](F)[C@@H](CO[P+](=O)S)S[C@H]1n1nnc2c(=O)[nH]c(N)nc21. The van der Waals surface area contributed by atoms with E-state index in [0.29, 0.717) is 0 Å². The van der Waals surface area contributed by atoms with E-state index < -0.39 is 73.6 Å². The molecule has 2 saturated heterocycles. The van der Waals surface area contributed by atoms with E-state index in [1.54, 1.807) is 0 Å². The number of hydrogen-bond donors (Lipinski definition) is 5. The number of nitrogens with zero attached hydrogens (tertiary/aromatic N) is 9. The monoisotopic (exact) mass is 743 g/mol. The zero-order valence-corrected chi connectivity index (χ0v) is 27.3. The molecule has 2 aliphatic rings. The van der Waals surface area contributed by atoms with Gasteiger partial charge in [0.2, 0.25) is 5.95 Å². The third-order valence-electron chi connectivity index (χ3n) is 6.93. The van der Waals surface area contributed by atoms with Gasteiger partial charge in [-0.15, -0.1) is 26.5 Å². The van der Waals surface area contributed by atoms with Crippen LogP contribution in [0.25, 0.3) is 22.3 Å². The van der Waals surface area contributed by atoms with Gasteiger partial charge in [-0.2, -0.15) is 9.67 Å². The molecule has 0 saturated carbocycles. The van der Waals surface area contributed by atoms with Crippen LogP contribution in [-0.4, -0.2) is 111 Å². The summed E-state index contributed by atoms with van der Waals surface area (Å²) in [5.41, 5.74) is 10.7. The highest BCUT2D eigenvalue weighted by atomic mass is 32.7. The van der Waals surface area contributed by atoms with Gasteiger partial charge in [0.25, 0.3) is 5.56 Å². The molecule has 6 N–H and O–H groups in total. The van der Waals surface area contributed by atoms with E-state index in [4.69, 9.17) is 46.3 Å². The lowest BCUT2D eigenvalue weighted by Crippen LogP contribution is -2.34. The molecule has 248 valence electrons. The van der Waals surface area contributed by atoms with E-state index in [1.807, 2.05) is 0 Å². The molecule has 0 aliphatic carbocycles. The van der Waals surface area contributed by atoms with Crippen LogP contribution in [0.1, 0.15) is 11.6 Å². The summed E-state index contributed by atoms with van der Waals surface area (Å²) in [6, 6.07) is 0. The van der Waals surface area contributed by atoms with Crippen LogP contribution >= 0.6 is 38.0 Å². The van der Waals surface area contributed by atoms with E-state index >= 15 is 8.78 Å². The molecule has 4 aromatic rings. The maximum atomic E-state index is 15.9. The quantitative estimate of drug-likeness (QED) is 0.102. The molecule has 27 heteroatoms. The lowest BCUT2D eigenvalue weighted by atomic mass is 10.1. The lowest BCUT2D eigenvalue weighted by molar-refractivity contribution is -0.0559. The second-order valence-corrected chi connectivity index (χ2v) is 15.6. The number of halogens is 2. The van der Waals surface area contributed by atoms with Crippen LogP contribution in [0, 0.1) is 0 Å². The first-order valence-electron chi connectivity index (χ1n) is 12.9. The van der Waals surface area contributed by atoms with Crippen molar-refractivity contribution in [2.75, 3.05) is 31.8 Å². The summed E-state index contributed by atoms with van der Waals surface area (Å²) in [6.45, 7) is -5.27. The number of anilines is 2. The number of nitrogens with two attached hydrogens (primary N) is 2. The van der Waals surface area contributed by atoms with Crippen LogP contribution in [0.4, 0.5) is 20.5 Å². The van der Waals surface area contributed by atoms with Crippen molar-refractivity contribution in [2.45, 2.75) is 47.5 Å². The van der Waals surface area contributed by atoms with Gasteiger partial charge in [-0.05, 0) is 16.4 Å². The number of nitrogens with one attached hydrogen (secondary N) is 1. The summed E-state index contributed by atoms with van der Waals surface area (Å²) >= 11 is 9.77. The first-order chi connectivity index (χ1) is 21.9. The highest BCUT2D eigenvalue weighted by molar-refractivity contribution is 8.39. The molecule has 0 aromatic carbocycles. The van der Waals surface area contributed by atoms with Crippen molar-refractivity contribution in [3.05, 3.63) is 16.7 Å². The van der Waals surface area contributed by atoms with Gasteiger partial charge in [0.1, 0.15) is 55.0 Å². The Morgan fingerprint density at radius 3 is 2.65 bits per heavy atom. The summed E-state index contributed by atoms with van der Waals surface area (Å²) in [6.07, 6.45) is -7.95. The number of nitrogen functional groups attached to an aromatic ring is 2. The summed E-state index contributed by atoms with van der Waals surface area (Å²) in [5.74, 6) is -0.233. The third-order valence-corrected chi connectivity index (χ3v) is 10.7. The number of alkyl halides is 2. The smallest absolute Gasteiger partial charge is 0.382 e. The largest absolute Gasteiger partial charge is 0.582 e. The van der Waals surface area contributed by atoms with Crippen LogP contribution in [0.2, 0.25) is 0 Å². The van der Waals surface area contributed by atoms with Crippen molar-refractivity contribution in [3.63, 3.8) is 0 Å². The third kappa shape index (κ3) is 6.33. The molecule has 0 bridgehead atoms. The minimum Gasteiger partial charge on any atom is -0.382 e. The Balaban J connectivity index is 1.21. The number of aromatic nitrogens is 10. The van der Waals surface area contributed by atoms with Crippen molar-refractivity contribution < 1.29 is 41.3 Å². The molecule has 6 heterocycles. The number of methoxy groups -OCH3 is 1. The van der Waals surface area contributed by atoms with E-state index in [2.05, 4.69) is 52.8 Å². The Hall–Kier alpha value is -2.57. The lowest BCUT2D eigenvalue weighted by Gasteiger charge is -2.26. The molecule has 0 spiro atoms. The highest BCUT2D eigenvalue weighted by Gasteiger charge is 2.52. The summed E-state index contributed by atoms with van der Waals surface area (Å²) in [4.78, 5) is 37.5. The van der Waals surface area contributed by atoms with Gasteiger partial charge in [-0.25, -0.2) is 23.4 Å². The Morgan fingerprint density at radius 2 is 1.91 bits per heavy atom. The maximum absolute atomic E-state index is 15.9. The molecular weight excluding hydrogens is 720 g/mol. The maximum Gasteiger partial charge on any atom is 0.582 e. The standard InChI is InChI=1S/C19H22F2N12O8P2S3/c1-37-11-5(40-17(8(11)21)32-14-9(28-30-32)13(22)24-4-25-14)2-39-43(36,45)41-12-7(20)6(3-38-42(35)44)46-18(12)33-15-10(29-31-33)16(34)27-19(23)26-15/h4-8,11-12,17-18H,2-3H2,1H3,(H6-,22,23,24,25,26,27,30,31,34,35,36,44,45)/p+1/t5-,6-,7-,8+,11-,12-,17-,18-,43?/m1/s1. The number of H-pyrrole nitrogens is 1. The molecule has 2 aliphatic heterocycles. The van der Waals surface area contributed by atoms with Crippen molar-refractivity contribution >= 4 is 83.9 Å². The van der Waals surface area contributed by atoms with E-state index in [1.165, 1.54) is 7.11 Å². The second kappa shape index (κ2) is 13.1. The Kier molecular flexibility index (Phi) is 9.53. The normalized spacial score (nSPS) is 29.9. The summed E-state index contributed by atoms with van der Waals surface area (Å²) < 4.78 is 72.2. The fraction of sp³-hybridized carbons (Fsp3) is 0.579. The average molecular weight is 744 g/mol. The van der Waals surface area contributed by atoms with E-state index in [-0.39, 0.29) is 40.7 Å². The summed E-state index contributed by atoms with van der Waals surface area (Å²) in [7, 11) is -1.14. The minimum absolute atomic E-state index is 0.0265. The van der Waals surface area contributed by atoms with Gasteiger partial charge in [0, 0.05) is 7.11 Å². The highest BCUT2D eigenvalue weighted by Crippen LogP contribution is 2.55. The number of aromatic amines is 1. The zero-order valence-electron chi connectivity index (χ0n) is 23.0. The van der Waals surface area contributed by atoms with Crippen molar-refractivity contribution in [1.82, 2.24) is 49.9 Å². The predicted octanol–water partition coefficient (Wildman–Crippen LogP) is 0.339. The number of ether oxygens (including phenoxy) is 2. The van der Waals surface area contributed by atoms with Crippen molar-refractivity contribution in [3.8, 4) is 0 Å². The molecule has 4 aromatic heterocycles. The molecule has 2 unspecified atom stereocenters. The van der Waals surface area contributed by atoms with Crippen LogP contribution in [0.5, 0.6) is 0 Å². The minimum atomic E-state index is -4.33. The van der Waals surface area contributed by atoms with Crippen LogP contribution in [-0.2, 0) is 39.4 Å². The Morgan fingerprint density at radius 1 is 1.17 bits per heavy atom. The number of hydrogen-bond acceptors (Lipinski definition) is 18. The molecule has 0 radical (unpaired) electrons. The van der Waals surface area contributed by atoms with Gasteiger partial charge in [0.15, 0.2) is 40.5 Å². The molecule has 6 rings (SSSR count). The molecular formula is C19H23F2N12O8P2S3+. The van der Waals surface area contributed by atoms with Crippen LogP contribution in [0.15, 0.2) is 11.1 Å². The molecule has 20 nitrogen and oxygen atoms in total. The number of rotatable bonds is 11. The van der Waals surface area contributed by atoms with Crippen LogP contribution in [0.3, 0.4) is 0 Å². The van der Waals surface area contributed by atoms with E-state index in [9.17, 15) is 14.3 Å². The summed E-state index contributed by atoms with van der Waals surface area (Å²) in [5, 5.41) is 13.3. The molecule has 2 fully saturated rings. The fourth-order valence-electron chi connectivity index (χ4n) is 4.92. The van der Waals surface area contributed by atoms with Crippen LogP contribution < -0.4 is 17.0 Å². The van der Waals surface area contributed by atoms with Gasteiger partial charge in [-0.3, -0.25) is 14.3 Å². The first kappa shape index (κ1) is 33.3. The zero-order chi connectivity index (χ0) is 32.9. The number of thiol groups is 1. The number of thioether (sulfide) groups is 1. The average Bonchev–Trinajstić information content (AvgIpc) is 3.75. The topological polar surface area (TPSA) is 268 Å². The Bertz CT molecular complexity index is 1890. The molecule has 46 heavy (non-hydrogen) atoms. The van der Waals surface area contributed by atoms with Gasteiger partial charge >= 0.3 is 13.9 Å². The van der Waals surface area contributed by atoms with Crippen molar-refractivity contribution in [1.29, 1.82) is 0 Å². The Labute approximate surface area is 270 Å². The van der Waals surface area contributed by atoms with Gasteiger partial charge < -0.3 is 30.4 Å². The second-order valence-electron chi connectivity index (χ2n) is 9.71. The predicted molar refractivity (Wildman–Crippen MR) is 163 cm³/mol. The fourth-order valence-corrected chi connectivity index (χ4v) is 8.43. The number of fused-ring (bicyclic) bond motifs is 2. The van der Waals surface area contributed by atoms with Gasteiger partial charge in [0.05, 0.1) is 11.9 Å². The van der Waals surface area contributed by atoms with Gasteiger partial charge in [-0.1, -0.05) is 10.4 Å². The molecule has 0 amide bonds. The first-order valence-corrected chi connectivity index (χ1v) is 18.7.